The molecule has 3 heterocycles. The van der Waals surface area contributed by atoms with Gasteiger partial charge in [-0.2, -0.15) is 18.4 Å². The predicted octanol–water partition coefficient (Wildman–Crippen LogP) is 2.99. The van der Waals surface area contributed by atoms with Crippen LogP contribution in [0.3, 0.4) is 0 Å². The molecule has 0 radical (unpaired) electrons. The molecular formula is C22H17F3N5O+. The number of nitrogens with one attached hydrogen (secondary N) is 3. The average Bonchev–Trinajstić information content (AvgIpc) is 3.17. The first-order valence-electron chi connectivity index (χ1n) is 9.37. The summed E-state index contributed by atoms with van der Waals surface area (Å²) in [4.78, 5) is 17.2. The van der Waals surface area contributed by atoms with Gasteiger partial charge in [-0.25, -0.2) is 4.98 Å². The molecule has 3 N–H and O–H groups in total. The van der Waals surface area contributed by atoms with Crippen LogP contribution >= 0.6 is 0 Å². The number of rotatable bonds is 4. The van der Waals surface area contributed by atoms with Gasteiger partial charge in [-0.05, 0) is 29.8 Å². The van der Waals surface area contributed by atoms with Gasteiger partial charge in [-0.1, -0.05) is 24.3 Å². The van der Waals surface area contributed by atoms with Crippen molar-refractivity contribution < 1.29 is 22.9 Å². The highest BCUT2D eigenvalue weighted by atomic mass is 19.4. The Morgan fingerprint density at radius 3 is 2.77 bits per heavy atom. The van der Waals surface area contributed by atoms with Crippen LogP contribution in [0.25, 0.3) is 0 Å². The summed E-state index contributed by atoms with van der Waals surface area (Å²) in [6.45, 7) is 0. The van der Waals surface area contributed by atoms with E-state index in [1.165, 1.54) is 18.3 Å². The molecule has 2 aliphatic rings. The van der Waals surface area contributed by atoms with Crippen LogP contribution in [-0.2, 0) is 4.79 Å². The Kier molecular flexibility index (Phi) is 5.21. The fourth-order valence-corrected chi connectivity index (χ4v) is 3.50. The number of nitriles is 1. The zero-order chi connectivity index (χ0) is 22.0. The van der Waals surface area contributed by atoms with E-state index in [2.05, 4.69) is 21.7 Å². The first-order chi connectivity index (χ1) is 14.9. The summed E-state index contributed by atoms with van der Waals surface area (Å²) in [6.07, 6.45) is 2.94. The van der Waals surface area contributed by atoms with Crippen molar-refractivity contribution in [2.24, 2.45) is 0 Å². The third-order valence-electron chi connectivity index (χ3n) is 4.91. The second-order valence-corrected chi connectivity index (χ2v) is 6.92. The summed E-state index contributed by atoms with van der Waals surface area (Å²) in [7, 11) is 0. The number of aromatic amines is 1. The normalized spacial score (nSPS) is 18.3. The molecule has 0 saturated heterocycles. The fraction of sp³-hybridized carbons (Fsp3) is 0.136. The number of carbonyl (C=O) groups excluding carboxylic acids is 1. The van der Waals surface area contributed by atoms with Crippen LogP contribution in [0.4, 0.5) is 13.2 Å². The minimum absolute atomic E-state index is 0.0122. The van der Waals surface area contributed by atoms with Gasteiger partial charge in [0, 0.05) is 18.3 Å². The number of amides is 1. The number of allylic oxidation sites excluding steroid dienone is 3. The van der Waals surface area contributed by atoms with Crippen molar-refractivity contribution in [3.05, 3.63) is 101 Å². The van der Waals surface area contributed by atoms with E-state index in [-0.39, 0.29) is 11.4 Å². The third-order valence-corrected chi connectivity index (χ3v) is 4.91. The number of carbonyl (C=O) groups is 1. The van der Waals surface area contributed by atoms with Crippen LogP contribution in [0.2, 0.25) is 0 Å². The summed E-state index contributed by atoms with van der Waals surface area (Å²) >= 11 is 0. The molecule has 6 nitrogen and oxygen atoms in total. The molecule has 0 saturated carbocycles. The lowest BCUT2D eigenvalue weighted by Gasteiger charge is -2.26. The molecule has 2 unspecified atom stereocenters. The molecule has 0 fully saturated rings. The van der Waals surface area contributed by atoms with Gasteiger partial charge in [-0.15, -0.1) is 0 Å². The molecule has 4 rings (SSSR count). The number of nitrogens with zero attached hydrogens (tertiary/aromatic N) is 2. The van der Waals surface area contributed by atoms with Crippen LogP contribution in [0, 0.1) is 11.3 Å². The maximum absolute atomic E-state index is 13.7. The van der Waals surface area contributed by atoms with Gasteiger partial charge in [0.1, 0.15) is 11.9 Å². The van der Waals surface area contributed by atoms with Crippen LogP contribution in [0.1, 0.15) is 29.0 Å². The molecule has 0 spiro atoms. The Balaban J connectivity index is 1.65. The number of fused-ring (bicyclic) bond motifs is 1. The molecule has 1 aromatic carbocycles. The first kappa shape index (κ1) is 20.2. The molecule has 1 aromatic heterocycles. The highest BCUT2D eigenvalue weighted by Gasteiger charge is 2.47. The molecule has 1 amide bonds. The lowest BCUT2D eigenvalue weighted by atomic mass is 10.1. The van der Waals surface area contributed by atoms with E-state index < -0.39 is 24.3 Å². The van der Waals surface area contributed by atoms with Crippen molar-refractivity contribution in [2.45, 2.75) is 18.4 Å². The Labute approximate surface area is 176 Å². The molecule has 0 bridgehead atoms. The van der Waals surface area contributed by atoms with Crippen LogP contribution in [-0.4, -0.2) is 17.0 Å². The van der Waals surface area contributed by atoms with Crippen molar-refractivity contribution in [1.29, 1.82) is 5.26 Å². The van der Waals surface area contributed by atoms with Crippen LogP contribution < -0.4 is 15.6 Å². The van der Waals surface area contributed by atoms with E-state index in [1.807, 2.05) is 0 Å². The van der Waals surface area contributed by atoms with Crippen molar-refractivity contribution >= 4 is 5.91 Å². The monoisotopic (exact) mass is 424 g/mol. The minimum atomic E-state index is -4.69. The van der Waals surface area contributed by atoms with Crippen LogP contribution in [0.15, 0.2) is 84.5 Å². The van der Waals surface area contributed by atoms with E-state index in [9.17, 15) is 18.0 Å². The second-order valence-electron chi connectivity index (χ2n) is 6.92. The highest BCUT2D eigenvalue weighted by Crippen LogP contribution is 2.35. The largest absolute Gasteiger partial charge is 0.418 e. The SMILES string of the molecule is N#Cc1cccc(C2NC(C(=O)NC(c3cccc[nH+]3)C(F)(F)F)=C3C=CC=CN32)c1. The summed E-state index contributed by atoms with van der Waals surface area (Å²) in [5.74, 6) is -0.890. The Morgan fingerprint density at radius 2 is 2.06 bits per heavy atom. The Bertz CT molecular complexity index is 1130. The molecule has 31 heavy (non-hydrogen) atoms. The summed E-state index contributed by atoms with van der Waals surface area (Å²) in [6, 6.07) is 10.9. The van der Waals surface area contributed by atoms with Gasteiger partial charge in [0.05, 0.1) is 17.3 Å². The van der Waals surface area contributed by atoms with Crippen molar-refractivity contribution in [3.63, 3.8) is 0 Å². The fourth-order valence-electron chi connectivity index (χ4n) is 3.50. The number of alkyl halides is 3. The molecule has 0 aliphatic carbocycles. The summed E-state index contributed by atoms with van der Waals surface area (Å²) in [5, 5.41) is 14.3. The van der Waals surface area contributed by atoms with Gasteiger partial charge in [0.25, 0.3) is 5.91 Å². The number of benzene rings is 1. The highest BCUT2D eigenvalue weighted by molar-refractivity contribution is 5.95. The van der Waals surface area contributed by atoms with Gasteiger partial charge >= 0.3 is 6.18 Å². The van der Waals surface area contributed by atoms with Crippen molar-refractivity contribution in [1.82, 2.24) is 15.5 Å². The quantitative estimate of drug-likeness (QED) is 0.791. The minimum Gasteiger partial charge on any atom is -0.355 e. The number of pyridine rings is 1. The van der Waals surface area contributed by atoms with Crippen molar-refractivity contribution in [2.75, 3.05) is 0 Å². The maximum atomic E-state index is 13.7. The van der Waals surface area contributed by atoms with Gasteiger partial charge in [0.15, 0.2) is 6.20 Å². The smallest absolute Gasteiger partial charge is 0.355 e. The average molecular weight is 424 g/mol. The summed E-state index contributed by atoms with van der Waals surface area (Å²) in [5.41, 5.74) is 1.40. The number of H-pyrrole nitrogens is 1. The summed E-state index contributed by atoms with van der Waals surface area (Å²) < 4.78 is 41.0. The predicted molar refractivity (Wildman–Crippen MR) is 104 cm³/mol. The standard InChI is InChI=1S/C22H16F3N5O/c23-22(24,25)19(16-8-1-3-10-27-16)29-21(31)18-17-9-2-4-11-30(17)20(28-18)15-7-5-6-14(12-15)13-26/h1-12,19-20,28H,(H,29,31)/p+1. The van der Waals surface area contributed by atoms with Crippen LogP contribution in [0.5, 0.6) is 0 Å². The molecule has 2 aromatic rings. The zero-order valence-electron chi connectivity index (χ0n) is 16.0. The topological polar surface area (TPSA) is 82.3 Å². The zero-order valence-corrected chi connectivity index (χ0v) is 16.0. The lowest BCUT2D eigenvalue weighted by Crippen LogP contribution is -2.43. The Morgan fingerprint density at radius 1 is 1.23 bits per heavy atom. The van der Waals surface area contributed by atoms with Gasteiger partial charge < -0.3 is 15.5 Å². The van der Waals surface area contributed by atoms with E-state index in [4.69, 9.17) is 5.26 Å². The van der Waals surface area contributed by atoms with Gasteiger partial charge in [0.2, 0.25) is 11.7 Å². The molecule has 9 heteroatoms. The number of hydrogen-bond donors (Lipinski definition) is 2. The molecule has 2 aliphatic heterocycles. The number of halogens is 3. The Hall–Kier alpha value is -4.06. The first-order valence-corrected chi connectivity index (χ1v) is 9.37. The van der Waals surface area contributed by atoms with E-state index >= 15 is 0 Å². The van der Waals surface area contributed by atoms with E-state index in [1.54, 1.807) is 59.7 Å². The lowest BCUT2D eigenvalue weighted by molar-refractivity contribution is -0.401. The molecule has 156 valence electrons. The molecule has 2 atom stereocenters. The second kappa shape index (κ2) is 7.99. The number of hydrogen-bond acceptors (Lipinski definition) is 4. The number of aromatic nitrogens is 1. The van der Waals surface area contributed by atoms with Gasteiger partial charge in [-0.3, -0.25) is 4.79 Å². The van der Waals surface area contributed by atoms with Crippen molar-refractivity contribution in [3.8, 4) is 6.07 Å². The third kappa shape index (κ3) is 4.00. The van der Waals surface area contributed by atoms with E-state index in [0.717, 1.165) is 0 Å². The van der Waals surface area contributed by atoms with E-state index in [0.29, 0.717) is 16.8 Å². The molecular weight excluding hydrogens is 407 g/mol. The maximum Gasteiger partial charge on any atom is 0.418 e.